The van der Waals surface area contributed by atoms with Crippen LogP contribution in [0, 0.1) is 5.92 Å². The highest BCUT2D eigenvalue weighted by atomic mass is 19.4. The van der Waals surface area contributed by atoms with Gasteiger partial charge in [0.05, 0.1) is 31.6 Å². The molecule has 1 saturated carbocycles. The van der Waals surface area contributed by atoms with Crippen LogP contribution in [-0.4, -0.2) is 41.7 Å². The third-order valence-corrected chi connectivity index (χ3v) is 5.11. The zero-order valence-electron chi connectivity index (χ0n) is 16.5. The van der Waals surface area contributed by atoms with Crippen LogP contribution in [0.1, 0.15) is 57.8 Å². The maximum absolute atomic E-state index is 12.4. The molecule has 7 heteroatoms. The van der Waals surface area contributed by atoms with Gasteiger partial charge in [-0.2, -0.15) is 13.2 Å². The standard InChI is InChI=1S/C21H34F3NO3/c22-21(23,24)13-11-19(10-12-20(25,16-26)17-27)9-5-15-28-14-4-8-18-6-2-1-3-7-18/h5,9,11,13,15,18,26-27H,1-4,6-8,10,12,14,16-17,25H2/b13-11+,15-5+,19-9-. The topological polar surface area (TPSA) is 75.7 Å². The molecule has 1 fully saturated rings. The molecule has 4 nitrogen and oxygen atoms in total. The van der Waals surface area contributed by atoms with Gasteiger partial charge in [0, 0.05) is 6.08 Å². The van der Waals surface area contributed by atoms with E-state index in [4.69, 9.17) is 10.5 Å². The number of allylic oxidation sites excluding steroid dienone is 5. The van der Waals surface area contributed by atoms with Gasteiger partial charge in [0.2, 0.25) is 0 Å². The third kappa shape index (κ3) is 11.5. The van der Waals surface area contributed by atoms with Crippen molar-refractivity contribution in [3.8, 4) is 0 Å². The van der Waals surface area contributed by atoms with Crippen molar-refractivity contribution in [1.82, 2.24) is 0 Å². The van der Waals surface area contributed by atoms with Gasteiger partial charge in [-0.05, 0) is 43.3 Å². The fraction of sp³-hybridized carbons (Fsp3) is 0.714. The molecule has 0 atom stereocenters. The molecule has 0 radical (unpaired) electrons. The molecule has 4 N–H and O–H groups in total. The molecule has 0 aromatic carbocycles. The Morgan fingerprint density at radius 1 is 1.11 bits per heavy atom. The molecule has 1 aliphatic carbocycles. The van der Waals surface area contributed by atoms with Crippen LogP contribution in [0.5, 0.6) is 0 Å². The van der Waals surface area contributed by atoms with E-state index in [2.05, 4.69) is 0 Å². The molecule has 0 aliphatic heterocycles. The van der Waals surface area contributed by atoms with Crippen LogP contribution in [0.2, 0.25) is 0 Å². The summed E-state index contributed by atoms with van der Waals surface area (Å²) in [5.41, 5.74) is 4.95. The number of ether oxygens (including phenoxy) is 1. The number of halogens is 3. The Kier molecular flexibility index (Phi) is 11.5. The van der Waals surface area contributed by atoms with Gasteiger partial charge in [0.15, 0.2) is 0 Å². The van der Waals surface area contributed by atoms with Gasteiger partial charge in [0.25, 0.3) is 0 Å². The van der Waals surface area contributed by atoms with E-state index in [-0.39, 0.29) is 18.9 Å². The summed E-state index contributed by atoms with van der Waals surface area (Å²) in [5.74, 6) is 0.801. The van der Waals surface area contributed by atoms with Gasteiger partial charge >= 0.3 is 6.18 Å². The van der Waals surface area contributed by atoms with Crippen molar-refractivity contribution in [2.75, 3.05) is 19.8 Å². The van der Waals surface area contributed by atoms with Gasteiger partial charge in [-0.25, -0.2) is 0 Å². The van der Waals surface area contributed by atoms with E-state index in [0.29, 0.717) is 12.2 Å². The van der Waals surface area contributed by atoms with Gasteiger partial charge in [0.1, 0.15) is 0 Å². The second kappa shape index (κ2) is 13.0. The quantitative estimate of drug-likeness (QED) is 0.256. The molecule has 0 heterocycles. The molecule has 0 unspecified atom stereocenters. The van der Waals surface area contributed by atoms with E-state index in [9.17, 15) is 23.4 Å². The van der Waals surface area contributed by atoms with Crippen molar-refractivity contribution >= 4 is 0 Å². The number of aliphatic hydroxyl groups excluding tert-OH is 2. The highest BCUT2D eigenvalue weighted by molar-refractivity contribution is 5.24. The minimum Gasteiger partial charge on any atom is -0.501 e. The molecule has 162 valence electrons. The lowest BCUT2D eigenvalue weighted by Crippen LogP contribution is -2.47. The molecule has 28 heavy (non-hydrogen) atoms. The Morgan fingerprint density at radius 3 is 2.39 bits per heavy atom. The predicted octanol–water partition coefficient (Wildman–Crippen LogP) is 4.38. The Labute approximate surface area is 166 Å². The summed E-state index contributed by atoms with van der Waals surface area (Å²) in [6.07, 6.45) is 10.4. The van der Waals surface area contributed by atoms with Crippen molar-refractivity contribution in [2.45, 2.75) is 69.5 Å². The molecule has 1 aliphatic rings. The normalized spacial score (nSPS) is 17.7. The van der Waals surface area contributed by atoms with Gasteiger partial charge in [-0.3, -0.25) is 0 Å². The summed E-state index contributed by atoms with van der Waals surface area (Å²) in [4.78, 5) is 0. The van der Waals surface area contributed by atoms with Crippen molar-refractivity contribution in [3.63, 3.8) is 0 Å². The zero-order valence-corrected chi connectivity index (χ0v) is 16.5. The first-order valence-electron chi connectivity index (χ1n) is 10.0. The monoisotopic (exact) mass is 405 g/mol. The SMILES string of the molecule is NC(CO)(CO)CCC(=C/C=C/OCCCC1CCCCC1)/C=C/C(F)(F)F. The molecule has 0 bridgehead atoms. The van der Waals surface area contributed by atoms with Crippen LogP contribution < -0.4 is 5.73 Å². The second-order valence-corrected chi connectivity index (χ2v) is 7.64. The zero-order chi connectivity index (χ0) is 20.9. The Morgan fingerprint density at radius 2 is 1.79 bits per heavy atom. The molecule has 0 amide bonds. The number of hydrogen-bond acceptors (Lipinski definition) is 4. The largest absolute Gasteiger partial charge is 0.501 e. The first kappa shape index (κ1) is 24.7. The highest BCUT2D eigenvalue weighted by Crippen LogP contribution is 2.27. The van der Waals surface area contributed by atoms with Crippen LogP contribution in [0.25, 0.3) is 0 Å². The number of aliphatic hydroxyl groups is 2. The van der Waals surface area contributed by atoms with Crippen LogP contribution in [0.3, 0.4) is 0 Å². The predicted molar refractivity (Wildman–Crippen MR) is 105 cm³/mol. The average molecular weight is 406 g/mol. The average Bonchev–Trinajstić information content (AvgIpc) is 2.68. The van der Waals surface area contributed by atoms with Crippen LogP contribution in [-0.2, 0) is 4.74 Å². The fourth-order valence-electron chi connectivity index (χ4n) is 3.24. The smallest absolute Gasteiger partial charge is 0.409 e. The molecule has 0 saturated heterocycles. The van der Waals surface area contributed by atoms with E-state index in [1.807, 2.05) is 0 Å². The summed E-state index contributed by atoms with van der Waals surface area (Å²) in [6.45, 7) is -0.297. The summed E-state index contributed by atoms with van der Waals surface area (Å²) >= 11 is 0. The first-order chi connectivity index (χ1) is 13.3. The molecule has 0 aromatic rings. The number of rotatable bonds is 12. The van der Waals surface area contributed by atoms with Crippen LogP contribution >= 0.6 is 0 Å². The van der Waals surface area contributed by atoms with Gasteiger partial charge in [-0.1, -0.05) is 44.3 Å². The molecule has 0 spiro atoms. The summed E-state index contributed by atoms with van der Waals surface area (Å²) in [6, 6.07) is 0. The Balaban J connectivity index is 2.46. The van der Waals surface area contributed by atoms with E-state index >= 15 is 0 Å². The Bertz CT molecular complexity index is 506. The fourth-order valence-corrected chi connectivity index (χ4v) is 3.24. The van der Waals surface area contributed by atoms with E-state index in [0.717, 1.165) is 24.8 Å². The molecule has 1 rings (SSSR count). The van der Waals surface area contributed by atoms with Crippen molar-refractivity contribution in [2.24, 2.45) is 11.7 Å². The third-order valence-electron chi connectivity index (χ3n) is 5.11. The summed E-state index contributed by atoms with van der Waals surface area (Å²) in [7, 11) is 0. The van der Waals surface area contributed by atoms with E-state index < -0.39 is 24.9 Å². The lowest BCUT2D eigenvalue weighted by atomic mass is 9.86. The number of alkyl halides is 3. The van der Waals surface area contributed by atoms with Crippen LogP contribution in [0.15, 0.2) is 36.1 Å². The van der Waals surface area contributed by atoms with Gasteiger partial charge in [-0.15, -0.1) is 0 Å². The minimum absolute atomic E-state index is 0.157. The first-order valence-corrected chi connectivity index (χ1v) is 10.0. The highest BCUT2D eigenvalue weighted by Gasteiger charge is 2.24. The molecular formula is C21H34F3NO3. The summed E-state index contributed by atoms with van der Waals surface area (Å²) in [5, 5.41) is 18.4. The number of nitrogens with two attached hydrogens (primary N) is 1. The van der Waals surface area contributed by atoms with Crippen molar-refractivity contribution < 1.29 is 28.1 Å². The number of hydrogen-bond donors (Lipinski definition) is 3. The summed E-state index contributed by atoms with van der Waals surface area (Å²) < 4.78 is 42.8. The Hall–Kier alpha value is -1.31. The second-order valence-electron chi connectivity index (χ2n) is 7.64. The minimum atomic E-state index is -4.41. The maximum Gasteiger partial charge on any atom is 0.409 e. The van der Waals surface area contributed by atoms with Gasteiger partial charge < -0.3 is 20.7 Å². The maximum atomic E-state index is 12.4. The molecule has 0 aromatic heterocycles. The lowest BCUT2D eigenvalue weighted by Gasteiger charge is -2.24. The van der Waals surface area contributed by atoms with E-state index in [1.54, 1.807) is 6.08 Å². The van der Waals surface area contributed by atoms with Crippen molar-refractivity contribution in [1.29, 1.82) is 0 Å². The van der Waals surface area contributed by atoms with Crippen molar-refractivity contribution in [3.05, 3.63) is 36.1 Å². The molecular weight excluding hydrogens is 371 g/mol. The lowest BCUT2D eigenvalue weighted by molar-refractivity contribution is -0.0798. The van der Waals surface area contributed by atoms with Crippen LogP contribution in [0.4, 0.5) is 13.2 Å². The van der Waals surface area contributed by atoms with E-state index in [1.165, 1.54) is 44.4 Å².